The maximum absolute atomic E-state index is 2.40. The highest BCUT2D eigenvalue weighted by Crippen LogP contribution is 2.36. The van der Waals surface area contributed by atoms with Crippen LogP contribution < -0.4 is 0 Å². The van der Waals surface area contributed by atoms with Crippen LogP contribution in [0.15, 0.2) is 54.6 Å². The lowest BCUT2D eigenvalue weighted by Crippen LogP contribution is -2.01. The van der Waals surface area contributed by atoms with Crippen LogP contribution in [0.25, 0.3) is 21.5 Å². The van der Waals surface area contributed by atoms with Gasteiger partial charge in [0, 0.05) is 0 Å². The average Bonchev–Trinajstić information content (AvgIpc) is 2.72. The molecule has 0 heteroatoms. The Labute approximate surface area is 166 Å². The van der Waals surface area contributed by atoms with Gasteiger partial charge in [-0.05, 0) is 45.9 Å². The number of hydrogen-bond donors (Lipinski definition) is 0. The lowest BCUT2D eigenvalue weighted by atomic mass is 9.84. The maximum Gasteiger partial charge on any atom is -0.0103 e. The van der Waals surface area contributed by atoms with Crippen LogP contribution in [0, 0.1) is 0 Å². The van der Waals surface area contributed by atoms with Gasteiger partial charge in [-0.3, -0.25) is 0 Å². The summed E-state index contributed by atoms with van der Waals surface area (Å²) in [5, 5.41) is 5.65. The first kappa shape index (κ1) is 19.9. The van der Waals surface area contributed by atoms with Crippen molar-refractivity contribution in [1.82, 2.24) is 0 Å². The highest BCUT2D eigenvalue weighted by atomic mass is 14.2. The van der Waals surface area contributed by atoms with E-state index in [4.69, 9.17) is 0 Å². The summed E-state index contributed by atoms with van der Waals surface area (Å²) in [7, 11) is 0. The zero-order valence-corrected chi connectivity index (χ0v) is 17.3. The molecule has 0 N–H and O–H groups in total. The Morgan fingerprint density at radius 1 is 0.556 bits per heavy atom. The van der Waals surface area contributed by atoms with Gasteiger partial charge in [-0.25, -0.2) is 0 Å². The van der Waals surface area contributed by atoms with Crippen molar-refractivity contribution in [2.45, 2.75) is 84.0 Å². The molecule has 0 amide bonds. The molecule has 0 unspecified atom stereocenters. The van der Waals surface area contributed by atoms with Crippen molar-refractivity contribution in [2.75, 3.05) is 0 Å². The molecule has 0 radical (unpaired) electrons. The van der Waals surface area contributed by atoms with Crippen LogP contribution in [-0.4, -0.2) is 0 Å². The van der Waals surface area contributed by atoms with Crippen LogP contribution >= 0.6 is 0 Å². The molecule has 0 bridgehead atoms. The van der Waals surface area contributed by atoms with Gasteiger partial charge in [-0.2, -0.15) is 0 Å². The minimum Gasteiger partial charge on any atom is -0.0654 e. The van der Waals surface area contributed by atoms with E-state index in [9.17, 15) is 0 Å². The lowest BCUT2D eigenvalue weighted by Gasteiger charge is -2.20. The van der Waals surface area contributed by atoms with Crippen LogP contribution in [0.4, 0.5) is 0 Å². The minimum atomic E-state index is 0.712. The predicted molar refractivity (Wildman–Crippen MR) is 122 cm³/mol. The second kappa shape index (κ2) is 10.5. The molecule has 0 aliphatic carbocycles. The van der Waals surface area contributed by atoms with Crippen molar-refractivity contribution < 1.29 is 0 Å². The number of benzene rings is 3. The first-order valence-electron chi connectivity index (χ1n) is 11.3. The third-order valence-corrected chi connectivity index (χ3v) is 6.07. The zero-order chi connectivity index (χ0) is 18.9. The van der Waals surface area contributed by atoms with E-state index in [-0.39, 0.29) is 0 Å². The van der Waals surface area contributed by atoms with E-state index in [1.165, 1.54) is 85.8 Å². The van der Waals surface area contributed by atoms with Crippen molar-refractivity contribution in [3.63, 3.8) is 0 Å². The van der Waals surface area contributed by atoms with Crippen molar-refractivity contribution in [2.24, 2.45) is 0 Å². The molecular weight excluding hydrogens is 324 g/mol. The molecule has 0 atom stereocenters. The van der Waals surface area contributed by atoms with E-state index in [1.54, 1.807) is 5.56 Å². The van der Waals surface area contributed by atoms with Crippen LogP contribution in [-0.2, 0) is 0 Å². The number of fused-ring (bicyclic) bond motifs is 3. The Morgan fingerprint density at radius 3 is 1.93 bits per heavy atom. The lowest BCUT2D eigenvalue weighted by molar-refractivity contribution is 0.498. The summed E-state index contributed by atoms with van der Waals surface area (Å²) >= 11 is 0. The Kier molecular flexibility index (Phi) is 7.75. The third-order valence-electron chi connectivity index (χ3n) is 6.07. The molecule has 3 aromatic rings. The van der Waals surface area contributed by atoms with Gasteiger partial charge in [0.2, 0.25) is 0 Å². The smallest absolute Gasteiger partial charge is 0.0103 e. The standard InChI is InChI=1S/C27H36/c1-3-5-7-9-14-22(15-10-8-6-4-2)25-18-13-19-26-24-17-12-11-16-23(24)20-21-27(25)26/h11-13,16-22H,3-10,14-15H2,1-2H3. The SMILES string of the molecule is CCCCCCC(CCCCCC)c1cccc2c1ccc1ccccc12. The Balaban J connectivity index is 1.89. The molecule has 3 aromatic carbocycles. The molecule has 0 aliphatic rings. The number of unbranched alkanes of at least 4 members (excludes halogenated alkanes) is 6. The first-order valence-corrected chi connectivity index (χ1v) is 11.3. The molecular formula is C27H36. The van der Waals surface area contributed by atoms with Crippen LogP contribution in [0.2, 0.25) is 0 Å². The monoisotopic (exact) mass is 360 g/mol. The fourth-order valence-corrected chi connectivity index (χ4v) is 4.51. The van der Waals surface area contributed by atoms with E-state index >= 15 is 0 Å². The second-order valence-electron chi connectivity index (χ2n) is 8.12. The van der Waals surface area contributed by atoms with Gasteiger partial charge in [0.05, 0.1) is 0 Å². The van der Waals surface area contributed by atoms with Gasteiger partial charge >= 0.3 is 0 Å². The normalized spacial score (nSPS) is 11.7. The summed E-state index contributed by atoms with van der Waals surface area (Å²) in [5.41, 5.74) is 1.59. The van der Waals surface area contributed by atoms with E-state index in [1.807, 2.05) is 0 Å². The van der Waals surface area contributed by atoms with E-state index < -0.39 is 0 Å². The third kappa shape index (κ3) is 5.12. The van der Waals surface area contributed by atoms with Gasteiger partial charge in [-0.15, -0.1) is 0 Å². The molecule has 0 aliphatic heterocycles. The quantitative estimate of drug-likeness (QED) is 0.236. The predicted octanol–water partition coefficient (Wildman–Crippen LogP) is 9.02. The summed E-state index contributed by atoms with van der Waals surface area (Å²) in [5.74, 6) is 0.712. The highest BCUT2D eigenvalue weighted by molar-refractivity contribution is 6.08. The maximum atomic E-state index is 2.40. The Hall–Kier alpha value is -1.82. The Morgan fingerprint density at radius 2 is 1.22 bits per heavy atom. The van der Waals surface area contributed by atoms with Crippen molar-refractivity contribution >= 4 is 21.5 Å². The van der Waals surface area contributed by atoms with Crippen molar-refractivity contribution in [3.05, 3.63) is 60.2 Å². The molecule has 0 fully saturated rings. The fourth-order valence-electron chi connectivity index (χ4n) is 4.51. The van der Waals surface area contributed by atoms with Crippen LogP contribution in [0.5, 0.6) is 0 Å². The first-order chi connectivity index (χ1) is 13.3. The average molecular weight is 361 g/mol. The molecule has 27 heavy (non-hydrogen) atoms. The topological polar surface area (TPSA) is 0 Å². The molecule has 144 valence electrons. The van der Waals surface area contributed by atoms with E-state index in [2.05, 4.69) is 68.4 Å². The van der Waals surface area contributed by atoms with Crippen molar-refractivity contribution in [1.29, 1.82) is 0 Å². The molecule has 0 saturated heterocycles. The van der Waals surface area contributed by atoms with Gasteiger partial charge in [0.25, 0.3) is 0 Å². The summed E-state index contributed by atoms with van der Waals surface area (Å²) in [6.45, 7) is 4.61. The number of hydrogen-bond acceptors (Lipinski definition) is 0. The largest absolute Gasteiger partial charge is 0.0654 e. The zero-order valence-electron chi connectivity index (χ0n) is 17.3. The molecule has 0 saturated carbocycles. The van der Waals surface area contributed by atoms with Gasteiger partial charge < -0.3 is 0 Å². The molecule has 0 spiro atoms. The molecule has 0 aromatic heterocycles. The van der Waals surface area contributed by atoms with Crippen LogP contribution in [0.3, 0.4) is 0 Å². The number of rotatable bonds is 11. The van der Waals surface area contributed by atoms with Gasteiger partial charge in [0.1, 0.15) is 0 Å². The fraction of sp³-hybridized carbons (Fsp3) is 0.481. The Bertz CT molecular complexity index is 818. The van der Waals surface area contributed by atoms with Crippen molar-refractivity contribution in [3.8, 4) is 0 Å². The second-order valence-corrected chi connectivity index (χ2v) is 8.12. The van der Waals surface area contributed by atoms with Gasteiger partial charge in [-0.1, -0.05) is 120 Å². The summed E-state index contributed by atoms with van der Waals surface area (Å²) in [4.78, 5) is 0. The van der Waals surface area contributed by atoms with Gasteiger partial charge in [0.15, 0.2) is 0 Å². The highest BCUT2D eigenvalue weighted by Gasteiger charge is 2.15. The molecule has 0 nitrogen and oxygen atoms in total. The summed E-state index contributed by atoms with van der Waals surface area (Å²) in [6.07, 6.45) is 13.6. The molecule has 0 heterocycles. The van der Waals surface area contributed by atoms with E-state index in [0.717, 1.165) is 0 Å². The minimum absolute atomic E-state index is 0.712. The molecule has 3 rings (SSSR count). The summed E-state index contributed by atoms with van der Waals surface area (Å²) in [6, 6.07) is 20.5. The summed E-state index contributed by atoms with van der Waals surface area (Å²) < 4.78 is 0. The van der Waals surface area contributed by atoms with Crippen LogP contribution in [0.1, 0.15) is 89.5 Å². The van der Waals surface area contributed by atoms with E-state index in [0.29, 0.717) is 5.92 Å².